The molecule has 1 rings (SSSR count). The van der Waals surface area contributed by atoms with Crippen molar-refractivity contribution < 1.29 is 4.79 Å². The third kappa shape index (κ3) is 1.79. The van der Waals surface area contributed by atoms with Crippen molar-refractivity contribution in [3.63, 3.8) is 0 Å². The van der Waals surface area contributed by atoms with Gasteiger partial charge in [0.1, 0.15) is 0 Å². The van der Waals surface area contributed by atoms with E-state index in [1.54, 1.807) is 24.3 Å². The number of amides is 1. The molecule has 4 N–H and O–H groups in total. The van der Waals surface area contributed by atoms with E-state index in [4.69, 9.17) is 11.6 Å². The lowest BCUT2D eigenvalue weighted by atomic mass is 10.2. The topological polar surface area (TPSA) is 93.8 Å². The molecule has 1 aromatic rings. The van der Waals surface area contributed by atoms with Gasteiger partial charge in [-0.1, -0.05) is 5.22 Å². The van der Waals surface area contributed by atoms with E-state index in [0.29, 0.717) is 11.3 Å². The molecule has 0 spiro atoms. The van der Waals surface area contributed by atoms with Crippen LogP contribution in [0.25, 0.3) is 0 Å². The molecule has 5 nitrogen and oxygen atoms in total. The third-order valence-corrected chi connectivity index (χ3v) is 1.33. The third-order valence-electron chi connectivity index (χ3n) is 1.33. The molecule has 12 heavy (non-hydrogen) atoms. The Morgan fingerprint density at radius 1 is 1.25 bits per heavy atom. The Hall–Kier alpha value is -1.91. The summed E-state index contributed by atoms with van der Waals surface area (Å²) >= 11 is 0. The van der Waals surface area contributed by atoms with E-state index in [9.17, 15) is 4.79 Å². The zero-order chi connectivity index (χ0) is 8.97. The van der Waals surface area contributed by atoms with Gasteiger partial charge in [-0.15, -0.1) is 5.11 Å². The first-order valence-electron chi connectivity index (χ1n) is 3.25. The van der Waals surface area contributed by atoms with Crippen molar-refractivity contribution in [1.29, 1.82) is 0 Å². The van der Waals surface area contributed by atoms with Gasteiger partial charge >= 0.3 is 0 Å². The molecule has 5 heteroatoms. The van der Waals surface area contributed by atoms with Crippen molar-refractivity contribution in [1.82, 2.24) is 0 Å². The number of carbonyl (C=O) groups is 1. The number of primary amides is 1. The van der Waals surface area contributed by atoms with Crippen molar-refractivity contribution in [3.05, 3.63) is 29.8 Å². The molecule has 0 bridgehead atoms. The van der Waals surface area contributed by atoms with Crippen LogP contribution in [0, 0.1) is 0 Å². The minimum atomic E-state index is -0.466. The summed E-state index contributed by atoms with van der Waals surface area (Å²) in [5, 5.41) is 6.65. The van der Waals surface area contributed by atoms with Gasteiger partial charge in [0, 0.05) is 5.56 Å². The van der Waals surface area contributed by atoms with Crippen LogP contribution in [0.5, 0.6) is 0 Å². The molecule has 0 heterocycles. The Bertz CT molecular complexity index is 304. The van der Waals surface area contributed by atoms with E-state index in [1.165, 1.54) is 0 Å². The van der Waals surface area contributed by atoms with Gasteiger partial charge in [0.05, 0.1) is 5.69 Å². The highest BCUT2D eigenvalue weighted by molar-refractivity contribution is 5.92. The molecule has 62 valence electrons. The average Bonchev–Trinajstić information content (AvgIpc) is 2.06. The van der Waals surface area contributed by atoms with Crippen LogP contribution in [0.15, 0.2) is 34.6 Å². The Kier molecular flexibility index (Phi) is 2.37. The molecule has 0 unspecified atom stereocenters. The van der Waals surface area contributed by atoms with Gasteiger partial charge in [-0.05, 0) is 24.3 Å². The second kappa shape index (κ2) is 3.47. The number of nitrogens with two attached hydrogens (primary N) is 2. The first-order valence-corrected chi connectivity index (χ1v) is 3.25. The predicted octanol–water partition coefficient (Wildman–Crippen LogP) is 0.743. The van der Waals surface area contributed by atoms with Crippen LogP contribution >= 0.6 is 0 Å². The van der Waals surface area contributed by atoms with Crippen molar-refractivity contribution in [3.8, 4) is 0 Å². The van der Waals surface area contributed by atoms with E-state index in [1.807, 2.05) is 0 Å². The SMILES string of the molecule is NN=Nc1ccc(C(N)=O)cc1. The first-order chi connectivity index (χ1) is 5.74. The molecular weight excluding hydrogens is 156 g/mol. The molecule has 0 aromatic heterocycles. The van der Waals surface area contributed by atoms with Crippen LogP contribution in [0.3, 0.4) is 0 Å². The summed E-state index contributed by atoms with van der Waals surface area (Å²) in [5.41, 5.74) is 6.04. The van der Waals surface area contributed by atoms with Gasteiger partial charge in [0.15, 0.2) is 0 Å². The minimum absolute atomic E-state index is 0.436. The second-order valence-electron chi connectivity index (χ2n) is 2.13. The van der Waals surface area contributed by atoms with Crippen LogP contribution in [0.1, 0.15) is 10.4 Å². The lowest BCUT2D eigenvalue weighted by Crippen LogP contribution is -2.10. The fourth-order valence-electron chi connectivity index (χ4n) is 0.759. The summed E-state index contributed by atoms with van der Waals surface area (Å²) in [6, 6.07) is 6.34. The molecule has 0 radical (unpaired) electrons. The van der Waals surface area contributed by atoms with Gasteiger partial charge in [0.2, 0.25) is 5.91 Å². The monoisotopic (exact) mass is 164 g/mol. The number of carbonyl (C=O) groups excluding carboxylic acids is 1. The molecule has 1 amide bonds. The van der Waals surface area contributed by atoms with Crippen molar-refractivity contribution in [2.24, 2.45) is 21.9 Å². The summed E-state index contributed by atoms with van der Waals surface area (Å²) in [4.78, 5) is 10.6. The first kappa shape index (κ1) is 8.19. The highest BCUT2D eigenvalue weighted by Crippen LogP contribution is 2.12. The number of hydrogen-bond donors (Lipinski definition) is 2. The Balaban J connectivity index is 2.93. The molecular formula is C7H8N4O. The molecule has 0 fully saturated rings. The molecule has 1 aromatic carbocycles. The van der Waals surface area contributed by atoms with Crippen LogP contribution < -0.4 is 11.6 Å². The zero-order valence-corrected chi connectivity index (χ0v) is 6.27. The van der Waals surface area contributed by atoms with E-state index < -0.39 is 5.91 Å². The van der Waals surface area contributed by atoms with Crippen LogP contribution in [-0.2, 0) is 0 Å². The second-order valence-corrected chi connectivity index (χ2v) is 2.13. The minimum Gasteiger partial charge on any atom is -0.366 e. The van der Waals surface area contributed by atoms with E-state index in [0.717, 1.165) is 0 Å². The Labute approximate surface area is 69.1 Å². The summed E-state index contributed by atoms with van der Waals surface area (Å²) in [6.45, 7) is 0. The van der Waals surface area contributed by atoms with Crippen molar-refractivity contribution >= 4 is 11.6 Å². The molecule has 0 aliphatic rings. The standard InChI is InChI=1S/C7H8N4O/c8-7(12)5-1-3-6(4-2-5)10-11-9/h1-4H,(H2,8,12)(H2,9,10). The quantitative estimate of drug-likeness (QED) is 0.383. The lowest BCUT2D eigenvalue weighted by molar-refractivity contribution is 0.100. The maximum Gasteiger partial charge on any atom is 0.248 e. The smallest absolute Gasteiger partial charge is 0.248 e. The average molecular weight is 164 g/mol. The summed E-state index contributed by atoms with van der Waals surface area (Å²) in [7, 11) is 0. The van der Waals surface area contributed by atoms with E-state index in [-0.39, 0.29) is 0 Å². The number of benzene rings is 1. The maximum atomic E-state index is 10.6. The molecule has 0 aliphatic carbocycles. The van der Waals surface area contributed by atoms with Gasteiger partial charge in [-0.3, -0.25) is 4.79 Å². The molecule has 0 atom stereocenters. The van der Waals surface area contributed by atoms with Gasteiger partial charge in [-0.2, -0.15) is 0 Å². The summed E-state index contributed by atoms with van der Waals surface area (Å²) in [5.74, 6) is 4.36. The highest BCUT2D eigenvalue weighted by Gasteiger charge is 1.97. The van der Waals surface area contributed by atoms with Crippen molar-refractivity contribution in [2.75, 3.05) is 0 Å². The fraction of sp³-hybridized carbons (Fsp3) is 0. The summed E-state index contributed by atoms with van der Waals surface area (Å²) in [6.07, 6.45) is 0. The largest absolute Gasteiger partial charge is 0.366 e. The molecule has 0 saturated carbocycles. The van der Waals surface area contributed by atoms with Gasteiger partial charge in [-0.25, -0.2) is 0 Å². The Morgan fingerprint density at radius 3 is 2.25 bits per heavy atom. The fourth-order valence-corrected chi connectivity index (χ4v) is 0.759. The van der Waals surface area contributed by atoms with Crippen LogP contribution in [-0.4, -0.2) is 5.91 Å². The van der Waals surface area contributed by atoms with Crippen molar-refractivity contribution in [2.45, 2.75) is 0 Å². The number of rotatable bonds is 2. The normalized spacial score (nSPS) is 10.3. The molecule has 0 aliphatic heterocycles. The number of nitrogens with zero attached hydrogens (tertiary/aromatic N) is 2. The molecule has 0 saturated heterocycles. The summed E-state index contributed by atoms with van der Waals surface area (Å²) < 4.78 is 0. The Morgan fingerprint density at radius 2 is 1.83 bits per heavy atom. The van der Waals surface area contributed by atoms with E-state index in [2.05, 4.69) is 10.3 Å². The highest BCUT2D eigenvalue weighted by atomic mass is 16.1. The van der Waals surface area contributed by atoms with Gasteiger partial charge in [0.25, 0.3) is 0 Å². The zero-order valence-electron chi connectivity index (χ0n) is 6.27. The van der Waals surface area contributed by atoms with E-state index >= 15 is 0 Å². The van der Waals surface area contributed by atoms with Crippen LogP contribution in [0.2, 0.25) is 0 Å². The predicted molar refractivity (Wildman–Crippen MR) is 43.7 cm³/mol. The maximum absolute atomic E-state index is 10.6. The van der Waals surface area contributed by atoms with Crippen LogP contribution in [0.4, 0.5) is 5.69 Å². The van der Waals surface area contributed by atoms with Gasteiger partial charge < -0.3 is 11.6 Å². The number of hydrogen-bond acceptors (Lipinski definition) is 3. The lowest BCUT2D eigenvalue weighted by Gasteiger charge is -1.93.